The van der Waals surface area contributed by atoms with E-state index in [-0.39, 0.29) is 50.3 Å². The molecule has 1 heterocycles. The van der Waals surface area contributed by atoms with Crippen molar-refractivity contribution in [1.29, 1.82) is 5.26 Å². The fraction of sp³-hybridized carbons (Fsp3) is 0.511. The van der Waals surface area contributed by atoms with Crippen molar-refractivity contribution in [3.63, 3.8) is 0 Å². The Bertz CT molecular complexity index is 2100. The smallest absolute Gasteiger partial charge is 0.251 e. The second kappa shape index (κ2) is 20.1. The average Bonchev–Trinajstić information content (AvgIpc) is 3.61. The second-order valence-electron chi connectivity index (χ2n) is 18.5. The van der Waals surface area contributed by atoms with Gasteiger partial charge < -0.3 is 40.2 Å². The van der Waals surface area contributed by atoms with Crippen molar-refractivity contribution in [1.82, 2.24) is 20.9 Å². The van der Waals surface area contributed by atoms with Crippen molar-refractivity contribution in [2.75, 3.05) is 26.4 Å². The summed E-state index contributed by atoms with van der Waals surface area (Å²) in [6.45, 7) is 15.9. The maximum absolute atomic E-state index is 13.9. The molecule has 0 spiro atoms. The Morgan fingerprint density at radius 1 is 0.919 bits per heavy atom. The fourth-order valence-corrected chi connectivity index (χ4v) is 8.98. The first-order chi connectivity index (χ1) is 29.1. The molecule has 1 saturated heterocycles. The molecule has 2 aliphatic rings. The first kappa shape index (κ1) is 48.2. The van der Waals surface area contributed by atoms with Gasteiger partial charge in [-0.25, -0.2) is 0 Å². The van der Waals surface area contributed by atoms with E-state index >= 15 is 0 Å². The number of halogens is 2. The average molecular weight is 893 g/mol. The fourth-order valence-electron chi connectivity index (χ4n) is 8.64. The second-order valence-corrected chi connectivity index (χ2v) is 19.3. The lowest BCUT2D eigenvalue weighted by atomic mass is 9.49. The SMILES string of the molecule is C[C@H](NC(=O)[C@@H]1C[C@@H](O)CN1C(=O)[C@@H](NC(=O)COCCCCOc1ccc(C(=O)NC2C(C)(C)C(Oc3ccc(C#N)c(Cl)c3)C2(C)C)cc1)C(C)(C)C)c1ccc(Cl)cc1. The number of nitrogens with one attached hydrogen (secondary N) is 3. The standard InChI is InChI=1S/C47H59Cl2N5O8/c1-28(29-11-16-32(48)17-12-29)51-41(58)37-23-33(55)26-54(37)42(59)39(45(2,3)4)52-38(56)27-60-21-9-10-22-61-34-18-13-30(14-19-34)40(57)53-43-46(5,6)44(47(43,7)8)62-35-20-15-31(25-50)36(49)24-35/h11-20,24,28,33,37,39,43-44,55H,9-10,21-23,26-27H2,1-8H3,(H,51,58)(H,52,56)(H,53,57)/t28-,33+,37-,39+,43?,44?/m0/s1. The summed E-state index contributed by atoms with van der Waals surface area (Å²) in [6.07, 6.45) is 0.244. The molecule has 13 nitrogen and oxygen atoms in total. The lowest BCUT2D eigenvalue weighted by Gasteiger charge is -2.63. The highest BCUT2D eigenvalue weighted by Crippen LogP contribution is 2.55. The Labute approximate surface area is 374 Å². The van der Waals surface area contributed by atoms with Crippen molar-refractivity contribution in [3.05, 3.63) is 93.5 Å². The van der Waals surface area contributed by atoms with Crippen LogP contribution < -0.4 is 25.4 Å². The van der Waals surface area contributed by atoms with Crippen molar-refractivity contribution in [3.8, 4) is 17.6 Å². The van der Waals surface area contributed by atoms with E-state index in [1.54, 1.807) is 54.6 Å². The highest BCUT2D eigenvalue weighted by atomic mass is 35.5. The molecule has 0 radical (unpaired) electrons. The highest BCUT2D eigenvalue weighted by Gasteiger charge is 2.64. The lowest BCUT2D eigenvalue weighted by molar-refractivity contribution is -0.164. The Morgan fingerprint density at radius 2 is 1.55 bits per heavy atom. The molecular formula is C47H59Cl2N5O8. The Hall–Kier alpha value is -4.87. The van der Waals surface area contributed by atoms with E-state index in [1.165, 1.54) is 4.90 Å². The maximum atomic E-state index is 13.9. The molecule has 15 heteroatoms. The summed E-state index contributed by atoms with van der Waals surface area (Å²) >= 11 is 12.2. The van der Waals surface area contributed by atoms with Crippen molar-refractivity contribution < 1.29 is 38.5 Å². The van der Waals surface area contributed by atoms with E-state index < -0.39 is 52.2 Å². The minimum absolute atomic E-state index is 0.0265. The molecule has 334 valence electrons. The molecule has 0 bridgehead atoms. The quantitative estimate of drug-likeness (QED) is 0.104. The van der Waals surface area contributed by atoms with Crippen LogP contribution in [0, 0.1) is 27.6 Å². The van der Waals surface area contributed by atoms with Crippen LogP contribution in [-0.2, 0) is 19.1 Å². The third-order valence-corrected chi connectivity index (χ3v) is 12.3. The number of aliphatic hydroxyl groups is 1. The monoisotopic (exact) mass is 891 g/mol. The first-order valence-corrected chi connectivity index (χ1v) is 21.7. The summed E-state index contributed by atoms with van der Waals surface area (Å²) < 4.78 is 17.8. The van der Waals surface area contributed by atoms with Gasteiger partial charge in [-0.2, -0.15) is 5.26 Å². The van der Waals surface area contributed by atoms with Crippen LogP contribution in [0.15, 0.2) is 66.7 Å². The number of hydrogen-bond acceptors (Lipinski definition) is 9. The molecule has 4 atom stereocenters. The molecule has 4 N–H and O–H groups in total. The minimum Gasteiger partial charge on any atom is -0.494 e. The molecular weight excluding hydrogens is 833 g/mol. The Balaban J connectivity index is 1.02. The van der Waals surface area contributed by atoms with Gasteiger partial charge in [0.1, 0.15) is 42.4 Å². The topological polar surface area (TPSA) is 179 Å². The van der Waals surface area contributed by atoms with Crippen LogP contribution in [-0.4, -0.2) is 90.3 Å². The molecule has 1 saturated carbocycles. The number of ether oxygens (including phenoxy) is 3. The summed E-state index contributed by atoms with van der Waals surface area (Å²) in [7, 11) is 0. The number of nitriles is 1. The molecule has 1 aliphatic carbocycles. The number of amides is 4. The molecule has 3 aromatic rings. The largest absolute Gasteiger partial charge is 0.494 e. The van der Waals surface area contributed by atoms with Crippen LogP contribution in [0.1, 0.15) is 102 Å². The van der Waals surface area contributed by atoms with E-state index in [4.69, 9.17) is 37.4 Å². The van der Waals surface area contributed by atoms with Crippen LogP contribution in [0.2, 0.25) is 10.0 Å². The van der Waals surface area contributed by atoms with E-state index in [0.717, 1.165) is 5.56 Å². The van der Waals surface area contributed by atoms with Crippen LogP contribution in [0.3, 0.4) is 0 Å². The third kappa shape index (κ3) is 11.6. The number of carbonyl (C=O) groups is 4. The van der Waals surface area contributed by atoms with Crippen LogP contribution in [0.25, 0.3) is 0 Å². The number of likely N-dealkylation sites (tertiary alicyclic amines) is 1. The zero-order chi connectivity index (χ0) is 45.6. The van der Waals surface area contributed by atoms with Crippen LogP contribution in [0.4, 0.5) is 0 Å². The molecule has 3 aromatic carbocycles. The van der Waals surface area contributed by atoms with Gasteiger partial charge in [0, 0.05) is 53.1 Å². The van der Waals surface area contributed by atoms with Crippen LogP contribution in [0.5, 0.6) is 11.5 Å². The number of unbranched alkanes of at least 4 members (excludes halogenated alkanes) is 1. The lowest BCUT2D eigenvalue weighted by Crippen LogP contribution is -2.74. The van der Waals surface area contributed by atoms with Gasteiger partial charge in [-0.15, -0.1) is 0 Å². The third-order valence-electron chi connectivity index (χ3n) is 11.7. The van der Waals surface area contributed by atoms with Gasteiger partial charge in [0.15, 0.2) is 0 Å². The zero-order valence-electron chi connectivity index (χ0n) is 36.7. The number of benzene rings is 3. The number of β-amino-alcohol motifs (C(OH)–C–C–N with tert-alkyl or cyclic N) is 1. The molecule has 2 fully saturated rings. The number of hydrogen-bond donors (Lipinski definition) is 4. The number of rotatable bonds is 17. The van der Waals surface area contributed by atoms with Gasteiger partial charge >= 0.3 is 0 Å². The summed E-state index contributed by atoms with van der Waals surface area (Å²) in [5.74, 6) is -0.343. The predicted octanol–water partition coefficient (Wildman–Crippen LogP) is 7.02. The van der Waals surface area contributed by atoms with E-state index in [9.17, 15) is 29.5 Å². The van der Waals surface area contributed by atoms with Crippen molar-refractivity contribution in [2.24, 2.45) is 16.2 Å². The Morgan fingerprint density at radius 3 is 2.16 bits per heavy atom. The molecule has 0 unspecified atom stereocenters. The minimum atomic E-state index is -0.968. The first-order valence-electron chi connectivity index (χ1n) is 20.9. The normalized spacial score (nSPS) is 21.1. The van der Waals surface area contributed by atoms with E-state index in [1.807, 2.05) is 39.8 Å². The molecule has 1 aliphatic heterocycles. The summed E-state index contributed by atoms with van der Waals surface area (Å²) in [4.78, 5) is 55.0. The van der Waals surface area contributed by atoms with Gasteiger partial charge in [0.05, 0.1) is 29.3 Å². The highest BCUT2D eigenvalue weighted by molar-refractivity contribution is 6.31. The van der Waals surface area contributed by atoms with Gasteiger partial charge in [0.2, 0.25) is 17.7 Å². The molecule has 62 heavy (non-hydrogen) atoms. The number of carbonyl (C=O) groups excluding carboxylic acids is 4. The zero-order valence-corrected chi connectivity index (χ0v) is 38.2. The maximum Gasteiger partial charge on any atom is 0.251 e. The molecule has 0 aromatic heterocycles. The number of nitrogens with zero attached hydrogens (tertiary/aromatic N) is 2. The number of aliphatic hydroxyl groups excluding tert-OH is 1. The Kier molecular flexibility index (Phi) is 15.6. The molecule has 5 rings (SSSR count). The molecule has 4 amide bonds. The van der Waals surface area contributed by atoms with E-state index in [2.05, 4.69) is 49.7 Å². The van der Waals surface area contributed by atoms with Gasteiger partial charge in [0.25, 0.3) is 5.91 Å². The van der Waals surface area contributed by atoms with E-state index in [0.29, 0.717) is 52.1 Å². The summed E-state index contributed by atoms with van der Waals surface area (Å²) in [5.41, 5.74) is 0.222. The van der Waals surface area contributed by atoms with Crippen molar-refractivity contribution >= 4 is 46.8 Å². The van der Waals surface area contributed by atoms with Gasteiger partial charge in [-0.3, -0.25) is 19.2 Å². The van der Waals surface area contributed by atoms with Crippen LogP contribution >= 0.6 is 23.2 Å². The summed E-state index contributed by atoms with van der Waals surface area (Å²) in [6, 6.07) is 18.7. The predicted molar refractivity (Wildman–Crippen MR) is 237 cm³/mol. The van der Waals surface area contributed by atoms with Crippen molar-refractivity contribution in [2.45, 2.75) is 111 Å². The summed E-state index contributed by atoms with van der Waals surface area (Å²) in [5, 5.41) is 29.5. The van der Waals surface area contributed by atoms with Gasteiger partial charge in [-0.05, 0) is 79.3 Å². The van der Waals surface area contributed by atoms with Gasteiger partial charge in [-0.1, -0.05) is 83.8 Å².